The quantitative estimate of drug-likeness (QED) is 0.473. The van der Waals surface area contributed by atoms with Gasteiger partial charge in [-0.25, -0.2) is 0 Å². The number of carbonyl (C=O) groups excluding carboxylic acids is 1. The summed E-state index contributed by atoms with van der Waals surface area (Å²) in [6.45, 7) is 0. The van der Waals surface area contributed by atoms with Crippen LogP contribution >= 0.6 is 0 Å². The molecule has 0 aliphatic carbocycles. The summed E-state index contributed by atoms with van der Waals surface area (Å²) in [4.78, 5) is 12.2. The Labute approximate surface area is 102 Å². The number of hydrogen-bond donors (Lipinski definition) is 0. The third kappa shape index (κ3) is 4.12. The van der Waals surface area contributed by atoms with Gasteiger partial charge in [0.2, 0.25) is 0 Å². The summed E-state index contributed by atoms with van der Waals surface area (Å²) in [5, 5.41) is 0. The van der Waals surface area contributed by atoms with E-state index in [-0.39, 0.29) is 11.5 Å². The van der Waals surface area contributed by atoms with E-state index in [1.54, 1.807) is 19.0 Å². The Bertz CT molecular complexity index is 453. The molecule has 1 rings (SSSR count). The van der Waals surface area contributed by atoms with Crippen molar-refractivity contribution >= 4 is 6.29 Å². The number of alkyl halides is 3. The van der Waals surface area contributed by atoms with Gasteiger partial charge in [0, 0.05) is 20.3 Å². The third-order valence-electron chi connectivity index (χ3n) is 1.90. The number of allylic oxidation sites excluding steroid dienone is 1. The summed E-state index contributed by atoms with van der Waals surface area (Å²) >= 11 is 0. The molecule has 0 spiro atoms. The number of ether oxygens (including phenoxy) is 1. The molecule has 0 atom stereocenters. The van der Waals surface area contributed by atoms with Gasteiger partial charge in [0.15, 0.2) is 12.0 Å². The molecule has 0 saturated heterocycles. The smallest absolute Gasteiger partial charge is 0.416 e. The number of hydrogen-bond acceptors (Lipinski definition) is 3. The molecule has 0 aromatic heterocycles. The van der Waals surface area contributed by atoms with E-state index in [0.29, 0.717) is 6.29 Å². The molecule has 0 amide bonds. The number of carbonyl (C=O) groups is 1. The normalized spacial score (nSPS) is 12.2. The summed E-state index contributed by atoms with van der Waals surface area (Å²) in [5.41, 5.74) is -0.824. The summed E-state index contributed by atoms with van der Waals surface area (Å²) < 4.78 is 42.4. The van der Waals surface area contributed by atoms with Crippen molar-refractivity contribution in [3.8, 4) is 5.75 Å². The molecule has 0 radical (unpaired) electrons. The monoisotopic (exact) mass is 259 g/mol. The number of nitrogens with zero attached hydrogens (tertiary/aromatic N) is 1. The first-order valence-electron chi connectivity index (χ1n) is 5.01. The molecule has 3 nitrogen and oxygen atoms in total. The standard InChI is InChI=1S/C12H12F3NO2/c1-16(2)7-11(8-17)18-10-5-3-4-9(6-10)12(13,14)15/h3-8H,1-2H3/b11-7-. The average molecular weight is 259 g/mol. The Kier molecular flexibility index (Phi) is 4.36. The van der Waals surface area contributed by atoms with Gasteiger partial charge in [0.25, 0.3) is 0 Å². The molecule has 18 heavy (non-hydrogen) atoms. The predicted octanol–water partition coefficient (Wildman–Crippen LogP) is 2.69. The Morgan fingerprint density at radius 2 is 2.00 bits per heavy atom. The second-order valence-electron chi connectivity index (χ2n) is 3.74. The zero-order valence-electron chi connectivity index (χ0n) is 9.86. The van der Waals surface area contributed by atoms with Gasteiger partial charge in [-0.1, -0.05) is 6.07 Å². The summed E-state index contributed by atoms with van der Waals surface area (Å²) in [7, 11) is 3.33. The van der Waals surface area contributed by atoms with Crippen molar-refractivity contribution in [3.05, 3.63) is 41.8 Å². The van der Waals surface area contributed by atoms with Crippen molar-refractivity contribution in [1.82, 2.24) is 4.90 Å². The number of aldehydes is 1. The molecule has 0 bridgehead atoms. The van der Waals surface area contributed by atoms with Gasteiger partial charge in [0.1, 0.15) is 5.75 Å². The summed E-state index contributed by atoms with van der Waals surface area (Å²) in [6, 6.07) is 4.34. The van der Waals surface area contributed by atoms with Crippen LogP contribution in [0.4, 0.5) is 13.2 Å². The Hall–Kier alpha value is -1.98. The van der Waals surface area contributed by atoms with E-state index in [0.717, 1.165) is 12.1 Å². The molecule has 0 heterocycles. The first kappa shape index (κ1) is 14.1. The van der Waals surface area contributed by atoms with Gasteiger partial charge < -0.3 is 9.64 Å². The van der Waals surface area contributed by atoms with E-state index in [1.807, 2.05) is 0 Å². The molecule has 0 aliphatic heterocycles. The highest BCUT2D eigenvalue weighted by Gasteiger charge is 2.30. The van der Waals surface area contributed by atoms with Crippen LogP contribution in [0.2, 0.25) is 0 Å². The molecule has 98 valence electrons. The molecule has 1 aromatic carbocycles. The number of halogens is 3. The highest BCUT2D eigenvalue weighted by molar-refractivity contribution is 5.70. The van der Waals surface area contributed by atoms with Crippen molar-refractivity contribution in [2.75, 3.05) is 14.1 Å². The van der Waals surface area contributed by atoms with E-state index >= 15 is 0 Å². The largest absolute Gasteiger partial charge is 0.452 e. The first-order chi connectivity index (χ1) is 8.32. The lowest BCUT2D eigenvalue weighted by Gasteiger charge is -2.11. The molecule has 0 unspecified atom stereocenters. The van der Waals surface area contributed by atoms with Crippen LogP contribution in [0, 0.1) is 0 Å². The zero-order valence-corrected chi connectivity index (χ0v) is 9.86. The zero-order chi connectivity index (χ0) is 13.8. The fourth-order valence-electron chi connectivity index (χ4n) is 1.21. The summed E-state index contributed by atoms with van der Waals surface area (Å²) in [5.74, 6) is -0.107. The van der Waals surface area contributed by atoms with Crippen LogP contribution in [-0.2, 0) is 11.0 Å². The maximum absolute atomic E-state index is 12.4. The lowest BCUT2D eigenvalue weighted by molar-refractivity contribution is -0.137. The highest BCUT2D eigenvalue weighted by atomic mass is 19.4. The average Bonchev–Trinajstić information content (AvgIpc) is 2.26. The van der Waals surface area contributed by atoms with Gasteiger partial charge in [-0.05, 0) is 18.2 Å². The fourth-order valence-corrected chi connectivity index (χ4v) is 1.21. The Morgan fingerprint density at radius 3 is 2.50 bits per heavy atom. The molecular weight excluding hydrogens is 247 g/mol. The van der Waals surface area contributed by atoms with Crippen LogP contribution in [0.15, 0.2) is 36.2 Å². The molecule has 0 aliphatic rings. The molecule has 1 aromatic rings. The molecule has 6 heteroatoms. The highest BCUT2D eigenvalue weighted by Crippen LogP contribution is 2.31. The Morgan fingerprint density at radius 1 is 1.33 bits per heavy atom. The van der Waals surface area contributed by atoms with E-state index < -0.39 is 11.7 Å². The molecule has 0 N–H and O–H groups in total. The second-order valence-corrected chi connectivity index (χ2v) is 3.74. The van der Waals surface area contributed by atoms with E-state index in [2.05, 4.69) is 0 Å². The van der Waals surface area contributed by atoms with Gasteiger partial charge in [0.05, 0.1) is 5.56 Å². The molecule has 0 saturated carbocycles. The molecule has 0 fully saturated rings. The maximum atomic E-state index is 12.4. The van der Waals surface area contributed by atoms with Crippen LogP contribution in [0.1, 0.15) is 5.56 Å². The van der Waals surface area contributed by atoms with E-state index in [4.69, 9.17) is 4.74 Å². The lowest BCUT2D eigenvalue weighted by Crippen LogP contribution is -2.08. The minimum atomic E-state index is -4.44. The second kappa shape index (κ2) is 5.57. The SMILES string of the molecule is CN(C)/C=C(/C=O)Oc1cccc(C(F)(F)F)c1. The van der Waals surface area contributed by atoms with Crippen molar-refractivity contribution in [3.63, 3.8) is 0 Å². The van der Waals surface area contributed by atoms with Gasteiger partial charge in [-0.3, -0.25) is 4.79 Å². The van der Waals surface area contributed by atoms with Crippen molar-refractivity contribution in [2.45, 2.75) is 6.18 Å². The van der Waals surface area contributed by atoms with Crippen LogP contribution in [0.5, 0.6) is 5.75 Å². The minimum Gasteiger partial charge on any atom is -0.452 e. The lowest BCUT2D eigenvalue weighted by atomic mass is 10.2. The van der Waals surface area contributed by atoms with Gasteiger partial charge in [-0.15, -0.1) is 0 Å². The molecular formula is C12H12F3NO2. The third-order valence-corrected chi connectivity index (χ3v) is 1.90. The maximum Gasteiger partial charge on any atom is 0.416 e. The van der Waals surface area contributed by atoms with Crippen molar-refractivity contribution in [2.24, 2.45) is 0 Å². The van der Waals surface area contributed by atoms with Crippen LogP contribution in [0.25, 0.3) is 0 Å². The number of benzene rings is 1. The minimum absolute atomic E-state index is 0.0370. The van der Waals surface area contributed by atoms with E-state index in [1.165, 1.54) is 18.3 Å². The van der Waals surface area contributed by atoms with Crippen LogP contribution in [-0.4, -0.2) is 25.3 Å². The van der Waals surface area contributed by atoms with Crippen molar-refractivity contribution < 1.29 is 22.7 Å². The van der Waals surface area contributed by atoms with Gasteiger partial charge >= 0.3 is 6.18 Å². The first-order valence-corrected chi connectivity index (χ1v) is 5.01. The van der Waals surface area contributed by atoms with Crippen LogP contribution < -0.4 is 4.74 Å². The van der Waals surface area contributed by atoms with Gasteiger partial charge in [-0.2, -0.15) is 13.2 Å². The topological polar surface area (TPSA) is 29.5 Å². The summed E-state index contributed by atoms with van der Waals surface area (Å²) in [6.07, 6.45) is -2.64. The predicted molar refractivity (Wildman–Crippen MR) is 59.9 cm³/mol. The van der Waals surface area contributed by atoms with E-state index in [9.17, 15) is 18.0 Å². The van der Waals surface area contributed by atoms with Crippen molar-refractivity contribution in [1.29, 1.82) is 0 Å². The number of rotatable bonds is 4. The Balaban J connectivity index is 2.95. The van der Waals surface area contributed by atoms with Crippen LogP contribution in [0.3, 0.4) is 0 Å². The fraction of sp³-hybridized carbons (Fsp3) is 0.250.